The average Bonchev–Trinajstić information content (AvgIpc) is 2.90. The van der Waals surface area contributed by atoms with Crippen LogP contribution in [0.3, 0.4) is 0 Å². The number of hydrogen-bond donors (Lipinski definition) is 1. The fourth-order valence-electron chi connectivity index (χ4n) is 2.23. The second kappa shape index (κ2) is 5.07. The van der Waals surface area contributed by atoms with Crippen molar-refractivity contribution in [2.45, 2.75) is 20.8 Å². The molecule has 5 heteroatoms. The molecule has 0 bridgehead atoms. The fourth-order valence-corrected chi connectivity index (χ4v) is 2.23. The van der Waals surface area contributed by atoms with E-state index in [-0.39, 0.29) is 17.2 Å². The van der Waals surface area contributed by atoms with Gasteiger partial charge in [-0.3, -0.25) is 9.59 Å². The highest BCUT2D eigenvalue weighted by Crippen LogP contribution is 2.19. The highest BCUT2D eigenvalue weighted by atomic mass is 16.2. The van der Waals surface area contributed by atoms with Gasteiger partial charge in [-0.05, 0) is 6.07 Å². The van der Waals surface area contributed by atoms with E-state index in [9.17, 15) is 9.59 Å². The molecule has 0 radical (unpaired) electrons. The van der Waals surface area contributed by atoms with Crippen molar-refractivity contribution in [3.8, 4) is 0 Å². The maximum atomic E-state index is 12.1. The number of hydrogen-bond acceptors (Lipinski definition) is 2. The van der Waals surface area contributed by atoms with E-state index in [0.29, 0.717) is 31.7 Å². The van der Waals surface area contributed by atoms with E-state index in [4.69, 9.17) is 0 Å². The highest BCUT2D eigenvalue weighted by Gasteiger charge is 2.30. The first-order valence-corrected chi connectivity index (χ1v) is 6.61. The van der Waals surface area contributed by atoms with Crippen molar-refractivity contribution >= 4 is 11.8 Å². The van der Waals surface area contributed by atoms with Crippen LogP contribution in [0.25, 0.3) is 0 Å². The van der Waals surface area contributed by atoms with Crippen LogP contribution in [0.2, 0.25) is 0 Å². The van der Waals surface area contributed by atoms with E-state index in [1.54, 1.807) is 23.4 Å². The van der Waals surface area contributed by atoms with Crippen LogP contribution >= 0.6 is 0 Å². The second-order valence-electron chi connectivity index (χ2n) is 5.93. The van der Waals surface area contributed by atoms with Crippen LogP contribution in [0.15, 0.2) is 18.5 Å². The lowest BCUT2D eigenvalue weighted by Crippen LogP contribution is -2.53. The molecule has 1 N–H and O–H groups in total. The Hall–Kier alpha value is -1.78. The van der Waals surface area contributed by atoms with Gasteiger partial charge in [0.05, 0.1) is 5.56 Å². The molecular formula is C14H21N3O2. The topological polar surface area (TPSA) is 56.4 Å². The number of amides is 2. The zero-order valence-corrected chi connectivity index (χ0v) is 11.8. The second-order valence-corrected chi connectivity index (χ2v) is 5.93. The van der Waals surface area contributed by atoms with E-state index in [2.05, 4.69) is 4.98 Å². The summed E-state index contributed by atoms with van der Waals surface area (Å²) in [6.45, 7) is 8.21. The van der Waals surface area contributed by atoms with Crippen LogP contribution in [0.5, 0.6) is 0 Å². The number of carbonyl (C=O) groups is 2. The lowest BCUT2D eigenvalue weighted by molar-refractivity contribution is -0.140. The number of H-pyrrole nitrogens is 1. The van der Waals surface area contributed by atoms with Crippen molar-refractivity contribution < 1.29 is 9.59 Å². The Morgan fingerprint density at radius 1 is 1.11 bits per heavy atom. The predicted molar refractivity (Wildman–Crippen MR) is 72.7 cm³/mol. The quantitative estimate of drug-likeness (QED) is 0.831. The maximum absolute atomic E-state index is 12.1. The summed E-state index contributed by atoms with van der Waals surface area (Å²) in [6, 6.07) is 1.77. The summed E-state index contributed by atoms with van der Waals surface area (Å²) in [4.78, 5) is 30.8. The normalized spacial score (nSPS) is 16.6. The number of carbonyl (C=O) groups excluding carboxylic acids is 2. The summed E-state index contributed by atoms with van der Waals surface area (Å²) in [5.41, 5.74) is 0.322. The van der Waals surface area contributed by atoms with Crippen LogP contribution in [0, 0.1) is 5.41 Å². The standard InChI is InChI=1S/C14H21N3O2/c1-14(2,3)13(19)17-8-6-16(7-9-17)12(18)11-4-5-15-10-11/h4-5,10,15H,6-9H2,1-3H3. The first-order chi connectivity index (χ1) is 8.89. The van der Waals surface area contributed by atoms with Crippen molar-refractivity contribution in [2.24, 2.45) is 5.41 Å². The van der Waals surface area contributed by atoms with Crippen LogP contribution in [-0.2, 0) is 4.79 Å². The van der Waals surface area contributed by atoms with Gasteiger partial charge < -0.3 is 14.8 Å². The SMILES string of the molecule is CC(C)(C)C(=O)N1CCN(C(=O)c2cc[nH]c2)CC1. The number of rotatable bonds is 1. The Kier molecular flexibility index (Phi) is 3.64. The number of piperazine rings is 1. The smallest absolute Gasteiger partial charge is 0.255 e. The van der Waals surface area contributed by atoms with Gasteiger partial charge in [0.2, 0.25) is 5.91 Å². The van der Waals surface area contributed by atoms with Crippen LogP contribution in [-0.4, -0.2) is 52.8 Å². The third kappa shape index (κ3) is 2.97. The van der Waals surface area contributed by atoms with Crippen molar-refractivity contribution in [1.82, 2.24) is 14.8 Å². The molecule has 1 aliphatic heterocycles. The fraction of sp³-hybridized carbons (Fsp3) is 0.571. The predicted octanol–water partition coefficient (Wildman–Crippen LogP) is 1.35. The Morgan fingerprint density at radius 2 is 1.68 bits per heavy atom. The van der Waals surface area contributed by atoms with Crippen molar-refractivity contribution in [3.05, 3.63) is 24.0 Å². The number of aromatic nitrogens is 1. The summed E-state index contributed by atoms with van der Waals surface area (Å²) >= 11 is 0. The van der Waals surface area contributed by atoms with Gasteiger partial charge in [0.25, 0.3) is 5.91 Å². The molecule has 2 rings (SSSR count). The molecule has 1 aliphatic rings. The zero-order valence-electron chi connectivity index (χ0n) is 11.8. The Morgan fingerprint density at radius 3 is 2.16 bits per heavy atom. The van der Waals surface area contributed by atoms with Crippen LogP contribution in [0.4, 0.5) is 0 Å². The van der Waals surface area contributed by atoms with E-state index >= 15 is 0 Å². The van der Waals surface area contributed by atoms with Crippen LogP contribution < -0.4 is 0 Å². The molecule has 2 heterocycles. The third-order valence-corrected chi connectivity index (χ3v) is 3.34. The van der Waals surface area contributed by atoms with E-state index in [1.165, 1.54) is 0 Å². The molecule has 0 atom stereocenters. The summed E-state index contributed by atoms with van der Waals surface area (Å²) in [7, 11) is 0. The summed E-state index contributed by atoms with van der Waals surface area (Å²) in [5, 5.41) is 0. The minimum Gasteiger partial charge on any atom is -0.367 e. The maximum Gasteiger partial charge on any atom is 0.255 e. The highest BCUT2D eigenvalue weighted by molar-refractivity contribution is 5.94. The molecule has 1 saturated heterocycles. The number of nitrogens with zero attached hydrogens (tertiary/aromatic N) is 2. The molecular weight excluding hydrogens is 242 g/mol. The lowest BCUT2D eigenvalue weighted by Gasteiger charge is -2.37. The molecule has 1 aromatic rings. The first-order valence-electron chi connectivity index (χ1n) is 6.61. The summed E-state index contributed by atoms with van der Waals surface area (Å²) in [6.07, 6.45) is 3.45. The molecule has 0 saturated carbocycles. The monoisotopic (exact) mass is 263 g/mol. The van der Waals surface area contributed by atoms with E-state index < -0.39 is 0 Å². The van der Waals surface area contributed by atoms with E-state index in [0.717, 1.165) is 0 Å². The first kappa shape index (κ1) is 13.6. The molecule has 2 amide bonds. The van der Waals surface area contributed by atoms with E-state index in [1.807, 2.05) is 25.7 Å². The number of nitrogens with one attached hydrogen (secondary N) is 1. The van der Waals surface area contributed by atoms with Gasteiger partial charge in [-0.1, -0.05) is 20.8 Å². The summed E-state index contributed by atoms with van der Waals surface area (Å²) in [5.74, 6) is 0.186. The van der Waals surface area contributed by atoms with Crippen molar-refractivity contribution in [1.29, 1.82) is 0 Å². The zero-order chi connectivity index (χ0) is 14.0. The molecule has 19 heavy (non-hydrogen) atoms. The molecule has 1 fully saturated rings. The van der Waals surface area contributed by atoms with Gasteiger partial charge in [0, 0.05) is 44.0 Å². The molecule has 0 spiro atoms. The van der Waals surface area contributed by atoms with Gasteiger partial charge in [-0.25, -0.2) is 0 Å². The third-order valence-electron chi connectivity index (χ3n) is 3.34. The van der Waals surface area contributed by atoms with Gasteiger partial charge in [0.1, 0.15) is 0 Å². The lowest BCUT2D eigenvalue weighted by atomic mass is 9.94. The minimum absolute atomic E-state index is 0.0316. The Bertz CT molecular complexity index is 452. The minimum atomic E-state index is -0.354. The Labute approximate surface area is 113 Å². The summed E-state index contributed by atoms with van der Waals surface area (Å²) < 4.78 is 0. The number of aromatic amines is 1. The molecule has 1 aromatic heterocycles. The van der Waals surface area contributed by atoms with Crippen molar-refractivity contribution in [3.63, 3.8) is 0 Å². The molecule has 0 aliphatic carbocycles. The van der Waals surface area contributed by atoms with Crippen LogP contribution in [0.1, 0.15) is 31.1 Å². The Balaban J connectivity index is 1.93. The van der Waals surface area contributed by atoms with Crippen molar-refractivity contribution in [2.75, 3.05) is 26.2 Å². The average molecular weight is 263 g/mol. The van der Waals surface area contributed by atoms with Gasteiger partial charge in [0.15, 0.2) is 0 Å². The van der Waals surface area contributed by atoms with Gasteiger partial charge in [-0.2, -0.15) is 0 Å². The van der Waals surface area contributed by atoms with Gasteiger partial charge in [-0.15, -0.1) is 0 Å². The largest absolute Gasteiger partial charge is 0.367 e. The molecule has 0 unspecified atom stereocenters. The molecule has 0 aromatic carbocycles. The van der Waals surface area contributed by atoms with Gasteiger partial charge >= 0.3 is 0 Å². The molecule has 104 valence electrons. The molecule has 5 nitrogen and oxygen atoms in total.